The smallest absolute Gasteiger partial charge is 0.328 e. The van der Waals surface area contributed by atoms with Gasteiger partial charge < -0.3 is 9.84 Å². The topological polar surface area (TPSA) is 112 Å². The van der Waals surface area contributed by atoms with Crippen molar-refractivity contribution in [3.05, 3.63) is 62.3 Å². The molecule has 22 heavy (non-hydrogen) atoms. The molecule has 0 radical (unpaired) electrons. The van der Waals surface area contributed by atoms with Gasteiger partial charge in [0, 0.05) is 12.8 Å². The van der Waals surface area contributed by atoms with Crippen LogP contribution >= 0.6 is 0 Å². The van der Waals surface area contributed by atoms with Crippen LogP contribution in [0.15, 0.2) is 39.9 Å². The van der Waals surface area contributed by atoms with Crippen molar-refractivity contribution in [2.24, 2.45) is 0 Å². The maximum atomic E-state index is 12.0. The molecule has 0 aliphatic heterocycles. The SMILES string of the molecule is O=C(CO)CCOc1[nH]c(=O)[nH]c(=O)c1Cc1ccccc1. The van der Waals surface area contributed by atoms with Crippen LogP contribution < -0.4 is 16.0 Å². The third-order valence-corrected chi connectivity index (χ3v) is 3.03. The average molecular weight is 304 g/mol. The van der Waals surface area contributed by atoms with Crippen molar-refractivity contribution in [1.82, 2.24) is 9.97 Å². The summed E-state index contributed by atoms with van der Waals surface area (Å²) in [6, 6.07) is 9.25. The molecule has 0 saturated heterocycles. The molecule has 0 amide bonds. The maximum Gasteiger partial charge on any atom is 0.328 e. The Bertz CT molecular complexity index is 749. The monoisotopic (exact) mass is 304 g/mol. The first-order chi connectivity index (χ1) is 10.6. The van der Waals surface area contributed by atoms with Crippen molar-refractivity contribution in [2.75, 3.05) is 13.2 Å². The lowest BCUT2D eigenvalue weighted by Crippen LogP contribution is -2.27. The van der Waals surface area contributed by atoms with Crippen LogP contribution in [0.5, 0.6) is 5.88 Å². The molecule has 0 atom stereocenters. The van der Waals surface area contributed by atoms with Gasteiger partial charge in [0.05, 0.1) is 12.2 Å². The van der Waals surface area contributed by atoms with E-state index in [1.54, 1.807) is 0 Å². The Morgan fingerprint density at radius 3 is 2.55 bits per heavy atom. The molecule has 2 aromatic rings. The van der Waals surface area contributed by atoms with Gasteiger partial charge in [0.15, 0.2) is 5.78 Å². The van der Waals surface area contributed by atoms with Crippen LogP contribution in [0, 0.1) is 0 Å². The van der Waals surface area contributed by atoms with Gasteiger partial charge in [-0.15, -0.1) is 0 Å². The van der Waals surface area contributed by atoms with Crippen molar-refractivity contribution in [3.63, 3.8) is 0 Å². The lowest BCUT2D eigenvalue weighted by atomic mass is 10.1. The highest BCUT2D eigenvalue weighted by atomic mass is 16.5. The van der Waals surface area contributed by atoms with Gasteiger partial charge in [-0.05, 0) is 5.56 Å². The number of Topliss-reactive ketones (excluding diaryl/α,β-unsaturated/α-hetero) is 1. The summed E-state index contributed by atoms with van der Waals surface area (Å²) >= 11 is 0. The highest BCUT2D eigenvalue weighted by Gasteiger charge is 2.12. The van der Waals surface area contributed by atoms with Crippen LogP contribution in [-0.4, -0.2) is 34.1 Å². The van der Waals surface area contributed by atoms with Crippen LogP contribution in [0.1, 0.15) is 17.5 Å². The molecule has 3 N–H and O–H groups in total. The minimum Gasteiger partial charge on any atom is -0.478 e. The summed E-state index contributed by atoms with van der Waals surface area (Å²) in [6.45, 7) is -0.591. The van der Waals surface area contributed by atoms with Crippen molar-refractivity contribution in [2.45, 2.75) is 12.8 Å². The third kappa shape index (κ3) is 4.16. The molecule has 7 heteroatoms. The second-order valence-corrected chi connectivity index (χ2v) is 4.67. The zero-order chi connectivity index (χ0) is 15.9. The second-order valence-electron chi connectivity index (χ2n) is 4.67. The lowest BCUT2D eigenvalue weighted by Gasteiger charge is -2.09. The first-order valence-electron chi connectivity index (χ1n) is 6.75. The highest BCUT2D eigenvalue weighted by Crippen LogP contribution is 2.14. The fourth-order valence-corrected chi connectivity index (χ4v) is 1.92. The zero-order valence-electron chi connectivity index (χ0n) is 11.8. The molecule has 1 heterocycles. The van der Waals surface area contributed by atoms with E-state index in [4.69, 9.17) is 9.84 Å². The number of nitrogens with one attached hydrogen (secondary N) is 2. The first-order valence-corrected chi connectivity index (χ1v) is 6.75. The molecule has 7 nitrogen and oxygen atoms in total. The van der Waals surface area contributed by atoms with Crippen molar-refractivity contribution in [3.8, 4) is 5.88 Å². The summed E-state index contributed by atoms with van der Waals surface area (Å²) in [4.78, 5) is 38.9. The molecule has 0 unspecified atom stereocenters. The standard InChI is InChI=1S/C15H16N2O5/c18-9-11(19)6-7-22-14-12(13(20)16-15(21)17-14)8-10-4-2-1-3-5-10/h1-5,18H,6-9H2,(H2,16,17,20,21). The molecule has 0 spiro atoms. The summed E-state index contributed by atoms with van der Waals surface area (Å²) in [5, 5.41) is 8.65. The summed E-state index contributed by atoms with van der Waals surface area (Å²) in [7, 11) is 0. The summed E-state index contributed by atoms with van der Waals surface area (Å²) < 4.78 is 5.34. The number of rotatable bonds is 7. The molecule has 0 aliphatic rings. The Kier molecular flexibility index (Phi) is 5.26. The number of aromatic nitrogens is 2. The normalized spacial score (nSPS) is 10.4. The minimum absolute atomic E-state index is 0.00386. The molecular formula is C15H16N2O5. The van der Waals surface area contributed by atoms with E-state index in [-0.39, 0.29) is 36.7 Å². The van der Waals surface area contributed by atoms with Gasteiger partial charge in [0.2, 0.25) is 5.88 Å². The van der Waals surface area contributed by atoms with E-state index in [0.29, 0.717) is 0 Å². The van der Waals surface area contributed by atoms with Gasteiger partial charge in [-0.1, -0.05) is 30.3 Å². The number of H-pyrrole nitrogens is 2. The Morgan fingerprint density at radius 2 is 1.86 bits per heavy atom. The Morgan fingerprint density at radius 1 is 1.14 bits per heavy atom. The summed E-state index contributed by atoms with van der Waals surface area (Å²) in [5.74, 6) is -0.333. The van der Waals surface area contributed by atoms with Gasteiger partial charge in [0.25, 0.3) is 5.56 Å². The molecular weight excluding hydrogens is 288 g/mol. The van der Waals surface area contributed by atoms with E-state index in [0.717, 1.165) is 5.56 Å². The summed E-state index contributed by atoms with van der Waals surface area (Å²) in [5.41, 5.74) is -0.0417. The fourth-order valence-electron chi connectivity index (χ4n) is 1.92. The van der Waals surface area contributed by atoms with Crippen LogP contribution in [0.25, 0.3) is 0 Å². The van der Waals surface area contributed by atoms with Gasteiger partial charge in [-0.2, -0.15) is 0 Å². The molecule has 0 saturated carbocycles. The molecule has 0 aliphatic carbocycles. The number of hydrogen-bond donors (Lipinski definition) is 3. The molecule has 0 fully saturated rings. The van der Waals surface area contributed by atoms with E-state index >= 15 is 0 Å². The van der Waals surface area contributed by atoms with Crippen LogP contribution in [0.2, 0.25) is 0 Å². The second kappa shape index (κ2) is 7.37. The number of carbonyl (C=O) groups excluding carboxylic acids is 1. The number of aliphatic hydroxyl groups excluding tert-OH is 1. The number of carbonyl (C=O) groups is 1. The molecule has 0 bridgehead atoms. The van der Waals surface area contributed by atoms with E-state index in [1.165, 1.54) is 0 Å². The minimum atomic E-state index is -0.676. The number of aromatic amines is 2. The average Bonchev–Trinajstić information content (AvgIpc) is 2.51. The molecule has 1 aromatic heterocycles. The van der Waals surface area contributed by atoms with Crippen LogP contribution in [0.4, 0.5) is 0 Å². The van der Waals surface area contributed by atoms with E-state index in [9.17, 15) is 14.4 Å². The highest BCUT2D eigenvalue weighted by molar-refractivity contribution is 5.79. The van der Waals surface area contributed by atoms with E-state index in [1.807, 2.05) is 30.3 Å². The van der Waals surface area contributed by atoms with Crippen LogP contribution in [-0.2, 0) is 11.2 Å². The summed E-state index contributed by atoms with van der Waals surface area (Å²) in [6.07, 6.45) is 0.284. The van der Waals surface area contributed by atoms with Gasteiger partial charge in [-0.3, -0.25) is 19.6 Å². The predicted molar refractivity (Wildman–Crippen MR) is 79.1 cm³/mol. The predicted octanol–water partition coefficient (Wildman–Crippen LogP) is -0.0157. The Balaban J connectivity index is 2.22. The Hall–Kier alpha value is -2.67. The number of benzene rings is 1. The van der Waals surface area contributed by atoms with Crippen molar-refractivity contribution in [1.29, 1.82) is 0 Å². The van der Waals surface area contributed by atoms with Crippen molar-refractivity contribution < 1.29 is 14.6 Å². The molecule has 1 aromatic carbocycles. The third-order valence-electron chi connectivity index (χ3n) is 3.03. The molecule has 116 valence electrons. The number of ketones is 1. The van der Waals surface area contributed by atoms with Crippen molar-refractivity contribution >= 4 is 5.78 Å². The fraction of sp³-hybridized carbons (Fsp3) is 0.267. The molecule has 2 rings (SSSR count). The van der Waals surface area contributed by atoms with Gasteiger partial charge in [0.1, 0.15) is 6.61 Å². The first kappa shape index (κ1) is 15.7. The Labute approximate surface area is 125 Å². The van der Waals surface area contributed by atoms with E-state index < -0.39 is 17.9 Å². The largest absolute Gasteiger partial charge is 0.478 e. The van der Waals surface area contributed by atoms with E-state index in [2.05, 4.69) is 9.97 Å². The van der Waals surface area contributed by atoms with Crippen LogP contribution in [0.3, 0.4) is 0 Å². The number of ether oxygens (including phenoxy) is 1. The van der Waals surface area contributed by atoms with Gasteiger partial charge in [-0.25, -0.2) is 4.79 Å². The quantitative estimate of drug-likeness (QED) is 0.665. The van der Waals surface area contributed by atoms with Gasteiger partial charge >= 0.3 is 5.69 Å². The number of hydrogen-bond acceptors (Lipinski definition) is 5. The zero-order valence-corrected chi connectivity index (χ0v) is 11.8. The maximum absolute atomic E-state index is 12.0. The lowest BCUT2D eigenvalue weighted by molar-refractivity contribution is -0.122. The number of aliphatic hydroxyl groups is 1.